The van der Waals surface area contributed by atoms with Gasteiger partial charge < -0.3 is 4.42 Å². The quantitative estimate of drug-likeness (QED) is 0.565. The monoisotopic (exact) mass is 354 g/mol. The topological polar surface area (TPSA) is 30.2 Å². The Bertz CT molecular complexity index is 770. The highest BCUT2D eigenvalue weighted by atomic mass is 35.8. The SMILES string of the molecule is O=c1cc(-c2ccccc2)oc2ccccc12.[Cl][Al]([Cl])[Cl]. The molecule has 2 aromatic carbocycles. The maximum absolute atomic E-state index is 11.9. The van der Waals surface area contributed by atoms with Crippen LogP contribution >= 0.6 is 30.1 Å². The summed E-state index contributed by atoms with van der Waals surface area (Å²) in [5.41, 5.74) is 1.53. The first-order valence-corrected chi connectivity index (χ1v) is 11.3. The van der Waals surface area contributed by atoms with Gasteiger partial charge >= 0.3 is 11.4 Å². The number of halogens is 3. The first-order valence-electron chi connectivity index (χ1n) is 6.08. The number of para-hydroxylation sites is 1. The van der Waals surface area contributed by atoms with E-state index in [1.165, 1.54) is 6.07 Å². The van der Waals surface area contributed by atoms with Gasteiger partial charge in [0, 0.05) is 11.6 Å². The molecular weight excluding hydrogens is 346 g/mol. The molecule has 0 N–H and O–H groups in total. The molecule has 3 aromatic rings. The predicted molar refractivity (Wildman–Crippen MR) is 91.2 cm³/mol. The molecule has 0 bridgehead atoms. The third kappa shape index (κ3) is 4.78. The molecule has 0 aliphatic rings. The maximum Gasteiger partial charge on any atom is 0.643 e. The van der Waals surface area contributed by atoms with Crippen LogP contribution in [0.3, 0.4) is 0 Å². The van der Waals surface area contributed by atoms with E-state index < -0.39 is 11.4 Å². The Labute approximate surface area is 138 Å². The second-order valence-corrected chi connectivity index (χ2v) is 10.5. The summed E-state index contributed by atoms with van der Waals surface area (Å²) in [6.07, 6.45) is 0. The summed E-state index contributed by atoms with van der Waals surface area (Å²) < 4.78 is 5.73. The Kier molecular flexibility index (Phi) is 6.17. The van der Waals surface area contributed by atoms with Crippen molar-refractivity contribution in [1.29, 1.82) is 0 Å². The predicted octanol–water partition coefficient (Wildman–Crippen LogP) is 5.15. The molecule has 0 radical (unpaired) electrons. The van der Waals surface area contributed by atoms with Crippen LogP contribution in [0.25, 0.3) is 22.3 Å². The fraction of sp³-hybridized carbons (Fsp3) is 0. The standard InChI is InChI=1S/C15H10O2.Al.3ClH/c16-13-10-15(11-6-2-1-3-7-11)17-14-9-5-4-8-12(13)14;;;;/h1-10H;;3*1H/q;+3;;;/p-3. The van der Waals surface area contributed by atoms with E-state index in [0.717, 1.165) is 5.56 Å². The van der Waals surface area contributed by atoms with Crippen molar-refractivity contribution in [3.05, 3.63) is 70.9 Å². The lowest BCUT2D eigenvalue weighted by Crippen LogP contribution is -1.99. The minimum atomic E-state index is -1.72. The summed E-state index contributed by atoms with van der Waals surface area (Å²) >= 11 is -1.72. The summed E-state index contributed by atoms with van der Waals surface area (Å²) in [7, 11) is 14.8. The van der Waals surface area contributed by atoms with Gasteiger partial charge in [0.05, 0.1) is 5.39 Å². The van der Waals surface area contributed by atoms with Gasteiger partial charge in [-0.1, -0.05) is 42.5 Å². The van der Waals surface area contributed by atoms with Gasteiger partial charge in [0.2, 0.25) is 0 Å². The molecule has 3 rings (SSSR count). The lowest BCUT2D eigenvalue weighted by molar-refractivity contribution is 0.619. The van der Waals surface area contributed by atoms with Crippen LogP contribution in [-0.4, -0.2) is 11.4 Å². The van der Waals surface area contributed by atoms with Gasteiger partial charge in [0.25, 0.3) is 0 Å². The van der Waals surface area contributed by atoms with Gasteiger partial charge in [-0.3, -0.25) is 4.79 Å². The van der Waals surface area contributed by atoms with E-state index in [1.807, 2.05) is 48.5 Å². The summed E-state index contributed by atoms with van der Waals surface area (Å²) in [6, 6.07) is 18.4. The Morgan fingerprint density at radius 3 is 2.10 bits per heavy atom. The van der Waals surface area contributed by atoms with Crippen LogP contribution in [0.2, 0.25) is 0 Å². The molecule has 21 heavy (non-hydrogen) atoms. The van der Waals surface area contributed by atoms with Crippen LogP contribution in [0.5, 0.6) is 0 Å². The van der Waals surface area contributed by atoms with Gasteiger partial charge in [-0.2, -0.15) is 0 Å². The number of hydrogen-bond donors (Lipinski definition) is 0. The van der Waals surface area contributed by atoms with E-state index in [1.54, 1.807) is 6.07 Å². The molecule has 0 spiro atoms. The fourth-order valence-corrected chi connectivity index (χ4v) is 1.85. The lowest BCUT2D eigenvalue weighted by atomic mass is 10.1. The van der Waals surface area contributed by atoms with Crippen LogP contribution in [0.1, 0.15) is 0 Å². The number of rotatable bonds is 1. The fourth-order valence-electron chi connectivity index (χ4n) is 1.85. The normalized spacial score (nSPS) is 9.86. The summed E-state index contributed by atoms with van der Waals surface area (Å²) in [5, 5.41) is 0.618. The molecule has 0 fully saturated rings. The van der Waals surface area contributed by atoms with Crippen molar-refractivity contribution >= 4 is 52.5 Å². The van der Waals surface area contributed by atoms with Crippen LogP contribution in [0.15, 0.2) is 69.9 Å². The molecule has 2 nitrogen and oxygen atoms in total. The molecule has 0 atom stereocenters. The molecule has 106 valence electrons. The second-order valence-electron chi connectivity index (χ2n) is 4.08. The van der Waals surface area contributed by atoms with Gasteiger partial charge in [-0.25, -0.2) is 30.1 Å². The number of fused-ring (bicyclic) bond motifs is 1. The Morgan fingerprint density at radius 1 is 0.857 bits per heavy atom. The molecule has 0 amide bonds. The van der Waals surface area contributed by atoms with E-state index in [2.05, 4.69) is 0 Å². The third-order valence-electron chi connectivity index (χ3n) is 2.69. The van der Waals surface area contributed by atoms with Crippen molar-refractivity contribution < 1.29 is 4.42 Å². The lowest BCUT2D eigenvalue weighted by Gasteiger charge is -2.02. The molecule has 0 saturated carbocycles. The molecule has 6 heteroatoms. The highest BCUT2D eigenvalue weighted by Gasteiger charge is 2.05. The van der Waals surface area contributed by atoms with Crippen molar-refractivity contribution in [3.8, 4) is 11.3 Å². The largest absolute Gasteiger partial charge is 0.643 e. The zero-order chi connectivity index (χ0) is 15.2. The summed E-state index contributed by atoms with van der Waals surface area (Å²) in [6.45, 7) is 0. The zero-order valence-electron chi connectivity index (χ0n) is 10.8. The van der Waals surface area contributed by atoms with E-state index in [9.17, 15) is 4.79 Å². The van der Waals surface area contributed by atoms with Crippen molar-refractivity contribution in [3.63, 3.8) is 0 Å². The second kappa shape index (κ2) is 7.89. The van der Waals surface area contributed by atoms with Crippen molar-refractivity contribution in [2.45, 2.75) is 0 Å². The maximum atomic E-state index is 11.9. The van der Waals surface area contributed by atoms with Crippen molar-refractivity contribution in [2.75, 3.05) is 0 Å². The first kappa shape index (κ1) is 16.4. The van der Waals surface area contributed by atoms with Crippen LogP contribution in [0.4, 0.5) is 0 Å². The Morgan fingerprint density at radius 2 is 1.43 bits per heavy atom. The molecule has 1 heterocycles. The van der Waals surface area contributed by atoms with Gasteiger partial charge in [0.1, 0.15) is 11.3 Å². The number of benzene rings is 2. The summed E-state index contributed by atoms with van der Waals surface area (Å²) in [4.78, 5) is 11.9. The molecule has 1 aromatic heterocycles. The van der Waals surface area contributed by atoms with Gasteiger partial charge in [0.15, 0.2) is 5.43 Å². The zero-order valence-corrected chi connectivity index (χ0v) is 14.2. The molecule has 0 saturated heterocycles. The first-order chi connectivity index (χ1) is 10.1. The third-order valence-corrected chi connectivity index (χ3v) is 2.69. The van der Waals surface area contributed by atoms with Crippen molar-refractivity contribution in [1.82, 2.24) is 0 Å². The minimum Gasteiger partial charge on any atom is -0.456 e. The van der Waals surface area contributed by atoms with E-state index >= 15 is 0 Å². The van der Waals surface area contributed by atoms with Crippen LogP contribution in [-0.2, 0) is 0 Å². The Balaban J connectivity index is 0.000000361. The molecule has 0 aliphatic heterocycles. The molecule has 0 unspecified atom stereocenters. The number of hydrogen-bond acceptors (Lipinski definition) is 2. The van der Waals surface area contributed by atoms with E-state index in [0.29, 0.717) is 16.7 Å². The average molecular weight is 356 g/mol. The summed E-state index contributed by atoms with van der Waals surface area (Å²) in [5.74, 6) is 0.606. The Hall–Kier alpha value is -0.948. The highest BCUT2D eigenvalue weighted by molar-refractivity contribution is 7.54. The average Bonchev–Trinajstić information content (AvgIpc) is 2.47. The van der Waals surface area contributed by atoms with E-state index in [-0.39, 0.29) is 5.43 Å². The minimum absolute atomic E-state index is 0.00861. The van der Waals surface area contributed by atoms with Gasteiger partial charge in [-0.15, -0.1) is 0 Å². The smallest absolute Gasteiger partial charge is 0.456 e. The highest BCUT2D eigenvalue weighted by Crippen LogP contribution is 2.21. The van der Waals surface area contributed by atoms with Crippen LogP contribution in [0, 0.1) is 0 Å². The molecule has 0 aliphatic carbocycles. The van der Waals surface area contributed by atoms with Crippen molar-refractivity contribution in [2.24, 2.45) is 0 Å². The van der Waals surface area contributed by atoms with E-state index in [4.69, 9.17) is 34.6 Å². The van der Waals surface area contributed by atoms with Gasteiger partial charge in [-0.05, 0) is 12.1 Å². The molecular formula is C15H10AlCl3O2. The van der Waals surface area contributed by atoms with Crippen LogP contribution < -0.4 is 5.43 Å².